The van der Waals surface area contributed by atoms with Gasteiger partial charge in [0.15, 0.2) is 0 Å². The molecule has 0 aromatic heterocycles. The normalized spacial score (nSPS) is 16.0. The number of aliphatic hydroxyl groups is 1. The molecule has 0 spiro atoms. The van der Waals surface area contributed by atoms with E-state index in [0.29, 0.717) is 17.9 Å². The van der Waals surface area contributed by atoms with Crippen LogP contribution < -0.4 is 5.32 Å². The van der Waals surface area contributed by atoms with Gasteiger partial charge in [-0.3, -0.25) is 14.9 Å². The van der Waals surface area contributed by atoms with E-state index in [1.165, 1.54) is 6.07 Å². The first-order valence-electron chi connectivity index (χ1n) is 7.94. The van der Waals surface area contributed by atoms with Crippen LogP contribution in [0.15, 0.2) is 18.2 Å². The third-order valence-electron chi connectivity index (χ3n) is 4.21. The molecule has 0 heterocycles. The van der Waals surface area contributed by atoms with E-state index in [4.69, 9.17) is 5.11 Å². The number of nitrogens with zero attached hydrogens (tertiary/aromatic N) is 1. The van der Waals surface area contributed by atoms with Crippen LogP contribution in [0.1, 0.15) is 56.0 Å². The molecule has 0 radical (unpaired) electrons. The third kappa shape index (κ3) is 4.28. The summed E-state index contributed by atoms with van der Waals surface area (Å²) in [5, 5.41) is 23.3. The standard InChI is InChI=1S/C17H24N2O4/c1-17(2,3)13-7-6-12(10-15(13)19(22)23)16(21)18-14(8-9-20)11-4-5-11/h6-7,10-11,14,20H,4-5,8-9H2,1-3H3,(H,18,21). The Morgan fingerprint density at radius 3 is 2.57 bits per heavy atom. The second-order valence-electron chi connectivity index (χ2n) is 7.17. The van der Waals surface area contributed by atoms with Gasteiger partial charge < -0.3 is 10.4 Å². The Kier molecular flexibility index (Phi) is 5.04. The quantitative estimate of drug-likeness (QED) is 0.622. The molecule has 0 saturated heterocycles. The van der Waals surface area contributed by atoms with E-state index >= 15 is 0 Å². The molecule has 1 fully saturated rings. The average Bonchev–Trinajstić information content (AvgIpc) is 3.29. The van der Waals surface area contributed by atoms with Gasteiger partial charge in [0.1, 0.15) is 0 Å². The molecule has 1 atom stereocenters. The van der Waals surface area contributed by atoms with Crippen molar-refractivity contribution in [3.8, 4) is 0 Å². The molecule has 2 rings (SSSR count). The van der Waals surface area contributed by atoms with Gasteiger partial charge in [-0.15, -0.1) is 0 Å². The van der Waals surface area contributed by atoms with Crippen molar-refractivity contribution in [2.24, 2.45) is 5.92 Å². The maximum atomic E-state index is 12.4. The molecule has 1 amide bonds. The monoisotopic (exact) mass is 320 g/mol. The highest BCUT2D eigenvalue weighted by Gasteiger charge is 2.32. The fourth-order valence-corrected chi connectivity index (χ4v) is 2.77. The van der Waals surface area contributed by atoms with Gasteiger partial charge in [0.25, 0.3) is 11.6 Å². The summed E-state index contributed by atoms with van der Waals surface area (Å²) < 4.78 is 0. The van der Waals surface area contributed by atoms with Gasteiger partial charge >= 0.3 is 0 Å². The number of amides is 1. The molecule has 0 bridgehead atoms. The maximum Gasteiger partial charge on any atom is 0.273 e. The van der Waals surface area contributed by atoms with Crippen LogP contribution in [0, 0.1) is 16.0 Å². The minimum absolute atomic E-state index is 0.0184. The fourth-order valence-electron chi connectivity index (χ4n) is 2.77. The highest BCUT2D eigenvalue weighted by atomic mass is 16.6. The smallest absolute Gasteiger partial charge is 0.273 e. The van der Waals surface area contributed by atoms with Gasteiger partial charge in [0, 0.05) is 29.8 Å². The number of nitrogens with one attached hydrogen (secondary N) is 1. The van der Waals surface area contributed by atoms with Gasteiger partial charge in [-0.05, 0) is 36.7 Å². The van der Waals surface area contributed by atoms with E-state index in [0.717, 1.165) is 12.8 Å². The second-order valence-corrected chi connectivity index (χ2v) is 7.17. The Hall–Kier alpha value is -1.95. The molecule has 1 aromatic carbocycles. The summed E-state index contributed by atoms with van der Waals surface area (Å²) in [5.74, 6) is 0.0915. The van der Waals surface area contributed by atoms with E-state index in [9.17, 15) is 14.9 Å². The Morgan fingerprint density at radius 1 is 1.43 bits per heavy atom. The number of benzene rings is 1. The number of hydrogen-bond donors (Lipinski definition) is 2. The molecular weight excluding hydrogens is 296 g/mol. The van der Waals surface area contributed by atoms with Crippen LogP contribution in [0.25, 0.3) is 0 Å². The highest BCUT2D eigenvalue weighted by Crippen LogP contribution is 2.35. The van der Waals surface area contributed by atoms with Crippen molar-refractivity contribution in [1.29, 1.82) is 0 Å². The van der Waals surface area contributed by atoms with E-state index in [-0.39, 0.29) is 35.2 Å². The summed E-state index contributed by atoms with van der Waals surface area (Å²) in [6.07, 6.45) is 2.61. The third-order valence-corrected chi connectivity index (χ3v) is 4.21. The summed E-state index contributed by atoms with van der Waals surface area (Å²) in [4.78, 5) is 23.3. The number of nitro groups is 1. The number of carbonyl (C=O) groups excluding carboxylic acids is 1. The summed E-state index contributed by atoms with van der Waals surface area (Å²) in [5.41, 5.74) is 0.488. The predicted octanol–water partition coefficient (Wildman–Crippen LogP) is 2.78. The van der Waals surface area contributed by atoms with E-state index < -0.39 is 4.92 Å². The largest absolute Gasteiger partial charge is 0.396 e. The summed E-state index contributed by atoms with van der Waals surface area (Å²) in [7, 11) is 0. The first-order chi connectivity index (χ1) is 10.7. The van der Waals surface area contributed by atoms with Gasteiger partial charge in [-0.2, -0.15) is 0 Å². The molecule has 1 aliphatic rings. The molecule has 23 heavy (non-hydrogen) atoms. The lowest BCUT2D eigenvalue weighted by Gasteiger charge is -2.20. The molecule has 6 heteroatoms. The van der Waals surface area contributed by atoms with Gasteiger partial charge in [-0.25, -0.2) is 0 Å². The minimum Gasteiger partial charge on any atom is -0.396 e. The summed E-state index contributed by atoms with van der Waals surface area (Å²) >= 11 is 0. The van der Waals surface area contributed by atoms with E-state index in [2.05, 4.69) is 5.32 Å². The first kappa shape index (κ1) is 17.4. The lowest BCUT2D eigenvalue weighted by molar-refractivity contribution is -0.386. The maximum absolute atomic E-state index is 12.4. The molecule has 1 aromatic rings. The minimum atomic E-state index is -0.441. The molecule has 6 nitrogen and oxygen atoms in total. The van der Waals surface area contributed by atoms with Crippen LogP contribution in [-0.2, 0) is 5.41 Å². The van der Waals surface area contributed by atoms with Crippen LogP contribution in [0.3, 0.4) is 0 Å². The molecule has 2 N–H and O–H groups in total. The molecule has 1 aliphatic carbocycles. The zero-order valence-electron chi connectivity index (χ0n) is 13.8. The van der Waals surface area contributed by atoms with Crippen molar-refractivity contribution in [2.75, 3.05) is 6.61 Å². The first-order valence-corrected chi connectivity index (χ1v) is 7.94. The van der Waals surface area contributed by atoms with Crippen molar-refractivity contribution in [1.82, 2.24) is 5.32 Å². The van der Waals surface area contributed by atoms with Gasteiger partial charge in [0.2, 0.25) is 0 Å². The van der Waals surface area contributed by atoms with Crippen LogP contribution >= 0.6 is 0 Å². The molecule has 1 unspecified atom stereocenters. The fraction of sp³-hybridized carbons (Fsp3) is 0.588. The number of nitro benzene ring substituents is 1. The molecule has 0 aliphatic heterocycles. The molecule has 1 saturated carbocycles. The number of rotatable bonds is 6. The van der Waals surface area contributed by atoms with Crippen molar-refractivity contribution in [3.63, 3.8) is 0 Å². The zero-order valence-corrected chi connectivity index (χ0v) is 13.8. The number of carbonyl (C=O) groups is 1. The zero-order chi connectivity index (χ0) is 17.2. The van der Waals surface area contributed by atoms with Crippen LogP contribution in [0.2, 0.25) is 0 Å². The Balaban J connectivity index is 2.23. The second kappa shape index (κ2) is 6.66. The van der Waals surface area contributed by atoms with Crippen molar-refractivity contribution in [3.05, 3.63) is 39.4 Å². The van der Waals surface area contributed by atoms with Crippen molar-refractivity contribution < 1.29 is 14.8 Å². The topological polar surface area (TPSA) is 92.5 Å². The van der Waals surface area contributed by atoms with Crippen molar-refractivity contribution in [2.45, 2.75) is 51.5 Å². The van der Waals surface area contributed by atoms with Crippen LogP contribution in [0.5, 0.6) is 0 Å². The van der Waals surface area contributed by atoms with Crippen LogP contribution in [-0.4, -0.2) is 28.6 Å². The Morgan fingerprint density at radius 2 is 2.09 bits per heavy atom. The highest BCUT2D eigenvalue weighted by molar-refractivity contribution is 5.95. The van der Waals surface area contributed by atoms with Crippen LogP contribution in [0.4, 0.5) is 5.69 Å². The van der Waals surface area contributed by atoms with E-state index in [1.807, 2.05) is 20.8 Å². The van der Waals surface area contributed by atoms with Crippen molar-refractivity contribution >= 4 is 11.6 Å². The number of hydrogen-bond acceptors (Lipinski definition) is 4. The summed E-state index contributed by atoms with van der Waals surface area (Å²) in [6.45, 7) is 5.73. The van der Waals surface area contributed by atoms with E-state index in [1.54, 1.807) is 12.1 Å². The predicted molar refractivity (Wildman–Crippen MR) is 87.5 cm³/mol. The average molecular weight is 320 g/mol. The Bertz CT molecular complexity index is 603. The lowest BCUT2D eigenvalue weighted by atomic mass is 9.85. The summed E-state index contributed by atoms with van der Waals surface area (Å²) in [6, 6.07) is 4.57. The molecular formula is C17H24N2O4. The Labute approximate surface area is 136 Å². The SMILES string of the molecule is CC(C)(C)c1ccc(C(=O)NC(CCO)C2CC2)cc1[N+](=O)[O-]. The molecule has 126 valence electrons. The van der Waals surface area contributed by atoms with Gasteiger partial charge in [-0.1, -0.05) is 26.8 Å². The van der Waals surface area contributed by atoms with Gasteiger partial charge in [0.05, 0.1) is 4.92 Å². The lowest BCUT2D eigenvalue weighted by Crippen LogP contribution is -2.37. The number of aliphatic hydroxyl groups excluding tert-OH is 1.